The molecule has 0 atom stereocenters. The zero-order chi connectivity index (χ0) is 9.12. The van der Waals surface area contributed by atoms with E-state index in [4.69, 9.17) is 4.74 Å². The van der Waals surface area contributed by atoms with Crippen molar-refractivity contribution >= 4 is 8.07 Å². The fourth-order valence-electron chi connectivity index (χ4n) is 0.468. The summed E-state index contributed by atoms with van der Waals surface area (Å²) in [6, 6.07) is 0. The van der Waals surface area contributed by atoms with Gasteiger partial charge in [0.15, 0.2) is 0 Å². The van der Waals surface area contributed by atoms with Crippen LogP contribution in [-0.4, -0.2) is 14.7 Å². The second-order valence-corrected chi connectivity index (χ2v) is 9.72. The minimum Gasteiger partial charge on any atom is -0.380 e. The monoisotopic (exact) mass is 173 g/mol. The van der Waals surface area contributed by atoms with E-state index in [2.05, 4.69) is 40.1 Å². The Balaban J connectivity index is 4.00. The standard InChI is InChI=1S/C9H21OSi/c1-7-10-8-11(5,6)9(2,3)4/h8H,7H2,1-6H3. The molecular weight excluding hydrogens is 152 g/mol. The van der Waals surface area contributed by atoms with Gasteiger partial charge in [-0.3, -0.25) is 0 Å². The molecule has 0 aliphatic carbocycles. The Morgan fingerprint density at radius 1 is 1.27 bits per heavy atom. The van der Waals surface area contributed by atoms with Crippen molar-refractivity contribution in [3.63, 3.8) is 0 Å². The van der Waals surface area contributed by atoms with E-state index >= 15 is 0 Å². The van der Waals surface area contributed by atoms with Gasteiger partial charge in [-0.05, 0) is 12.0 Å². The summed E-state index contributed by atoms with van der Waals surface area (Å²) in [6.07, 6.45) is 2.09. The molecule has 0 fully saturated rings. The average molecular weight is 173 g/mol. The molecule has 1 nitrogen and oxygen atoms in total. The Labute approximate surface area is 72.2 Å². The fraction of sp³-hybridized carbons (Fsp3) is 0.889. The lowest BCUT2D eigenvalue weighted by Gasteiger charge is -2.35. The molecule has 0 unspecified atom stereocenters. The molecule has 0 bridgehead atoms. The molecule has 2 heteroatoms. The van der Waals surface area contributed by atoms with Crippen LogP contribution in [0.5, 0.6) is 0 Å². The van der Waals surface area contributed by atoms with Crippen molar-refractivity contribution < 1.29 is 4.74 Å². The predicted molar refractivity (Wildman–Crippen MR) is 53.1 cm³/mol. The van der Waals surface area contributed by atoms with Crippen molar-refractivity contribution in [2.45, 2.75) is 45.8 Å². The Kier molecular flexibility index (Phi) is 3.78. The largest absolute Gasteiger partial charge is 0.380 e. The highest BCUT2D eigenvalue weighted by Gasteiger charge is 2.35. The molecular formula is C9H21OSi. The molecule has 0 heterocycles. The Morgan fingerprint density at radius 2 is 1.73 bits per heavy atom. The highest BCUT2D eigenvalue weighted by Crippen LogP contribution is 2.37. The zero-order valence-corrected chi connectivity index (χ0v) is 9.69. The van der Waals surface area contributed by atoms with Crippen LogP contribution in [0.3, 0.4) is 0 Å². The van der Waals surface area contributed by atoms with E-state index in [1.165, 1.54) is 0 Å². The van der Waals surface area contributed by atoms with Gasteiger partial charge in [0.2, 0.25) is 0 Å². The highest BCUT2D eigenvalue weighted by atomic mass is 28.3. The van der Waals surface area contributed by atoms with Crippen molar-refractivity contribution in [1.29, 1.82) is 0 Å². The number of hydrogen-bond acceptors (Lipinski definition) is 1. The van der Waals surface area contributed by atoms with Gasteiger partial charge in [-0.1, -0.05) is 33.9 Å². The number of rotatable bonds is 3. The van der Waals surface area contributed by atoms with Gasteiger partial charge in [-0.15, -0.1) is 0 Å². The van der Waals surface area contributed by atoms with E-state index in [0.29, 0.717) is 5.04 Å². The van der Waals surface area contributed by atoms with E-state index < -0.39 is 8.07 Å². The van der Waals surface area contributed by atoms with Gasteiger partial charge in [-0.2, -0.15) is 0 Å². The molecule has 0 saturated heterocycles. The van der Waals surface area contributed by atoms with E-state index in [1.807, 2.05) is 6.92 Å². The topological polar surface area (TPSA) is 9.23 Å². The van der Waals surface area contributed by atoms with Crippen LogP contribution >= 0.6 is 0 Å². The van der Waals surface area contributed by atoms with Crippen LogP contribution < -0.4 is 0 Å². The molecule has 0 spiro atoms. The first-order valence-electron chi connectivity index (χ1n) is 4.27. The molecule has 1 radical (unpaired) electrons. The predicted octanol–water partition coefficient (Wildman–Crippen LogP) is 3.23. The minimum absolute atomic E-state index is 0.405. The SMILES string of the molecule is CCO[CH][Si](C)(C)C(C)(C)C. The van der Waals surface area contributed by atoms with Crippen molar-refractivity contribution in [2.75, 3.05) is 6.61 Å². The quantitative estimate of drug-likeness (QED) is 0.595. The highest BCUT2D eigenvalue weighted by molar-refractivity contribution is 6.82. The van der Waals surface area contributed by atoms with Crippen LogP contribution in [0.4, 0.5) is 0 Å². The molecule has 0 N–H and O–H groups in total. The molecule has 0 aromatic rings. The fourth-order valence-corrected chi connectivity index (χ4v) is 1.41. The first-order valence-corrected chi connectivity index (χ1v) is 7.35. The number of hydrogen-bond donors (Lipinski definition) is 0. The summed E-state index contributed by atoms with van der Waals surface area (Å²) < 4.78 is 5.36. The van der Waals surface area contributed by atoms with Crippen LogP contribution in [0.2, 0.25) is 18.1 Å². The summed E-state index contributed by atoms with van der Waals surface area (Å²) in [5.41, 5.74) is 0. The molecule has 0 aromatic carbocycles. The zero-order valence-electron chi connectivity index (χ0n) is 8.69. The molecule has 0 amide bonds. The van der Waals surface area contributed by atoms with Gasteiger partial charge in [0.05, 0.1) is 14.3 Å². The Bertz CT molecular complexity index is 113. The first-order chi connectivity index (χ1) is 4.81. The van der Waals surface area contributed by atoms with Gasteiger partial charge in [0.1, 0.15) is 0 Å². The molecule has 0 rings (SSSR count). The molecule has 0 aromatic heterocycles. The summed E-state index contributed by atoms with van der Waals surface area (Å²) in [7, 11) is -1.27. The number of ether oxygens (including phenoxy) is 1. The third-order valence-electron chi connectivity index (χ3n) is 2.48. The lowest BCUT2D eigenvalue weighted by atomic mass is 10.2. The average Bonchev–Trinajstić information content (AvgIpc) is 1.81. The maximum Gasteiger partial charge on any atom is 0.0898 e. The minimum atomic E-state index is -1.27. The molecule has 67 valence electrons. The Hall–Kier alpha value is 0.177. The van der Waals surface area contributed by atoms with E-state index in [-0.39, 0.29) is 0 Å². The van der Waals surface area contributed by atoms with Crippen molar-refractivity contribution in [3.05, 3.63) is 6.23 Å². The summed E-state index contributed by atoms with van der Waals surface area (Å²) in [6.45, 7) is 14.4. The first kappa shape index (κ1) is 11.2. The lowest BCUT2D eigenvalue weighted by molar-refractivity contribution is 0.239. The van der Waals surface area contributed by atoms with Crippen LogP contribution in [0.1, 0.15) is 27.7 Å². The summed E-state index contributed by atoms with van der Waals surface area (Å²) >= 11 is 0. The van der Waals surface area contributed by atoms with Gasteiger partial charge in [0, 0.05) is 6.61 Å². The smallest absolute Gasteiger partial charge is 0.0898 e. The third kappa shape index (κ3) is 3.39. The summed E-state index contributed by atoms with van der Waals surface area (Å²) in [5, 5.41) is 0.405. The van der Waals surface area contributed by atoms with Crippen LogP contribution in [0, 0.1) is 6.23 Å². The molecule has 11 heavy (non-hydrogen) atoms. The maximum absolute atomic E-state index is 5.36. The van der Waals surface area contributed by atoms with Gasteiger partial charge in [0.25, 0.3) is 0 Å². The van der Waals surface area contributed by atoms with Gasteiger partial charge < -0.3 is 4.74 Å². The van der Waals surface area contributed by atoms with Gasteiger partial charge >= 0.3 is 0 Å². The second kappa shape index (κ2) is 3.72. The van der Waals surface area contributed by atoms with E-state index in [1.54, 1.807) is 0 Å². The van der Waals surface area contributed by atoms with E-state index in [0.717, 1.165) is 6.61 Å². The normalized spacial score (nSPS) is 13.6. The maximum atomic E-state index is 5.36. The van der Waals surface area contributed by atoms with Crippen molar-refractivity contribution in [3.8, 4) is 0 Å². The molecule has 0 aliphatic rings. The van der Waals surface area contributed by atoms with Crippen LogP contribution in [0.25, 0.3) is 0 Å². The van der Waals surface area contributed by atoms with E-state index in [9.17, 15) is 0 Å². The van der Waals surface area contributed by atoms with Crippen molar-refractivity contribution in [2.24, 2.45) is 0 Å². The summed E-state index contributed by atoms with van der Waals surface area (Å²) in [4.78, 5) is 0. The van der Waals surface area contributed by atoms with Gasteiger partial charge in [-0.25, -0.2) is 0 Å². The third-order valence-corrected chi connectivity index (χ3v) is 7.10. The molecule has 0 saturated carbocycles. The van der Waals surface area contributed by atoms with Crippen LogP contribution in [-0.2, 0) is 4.74 Å². The summed E-state index contributed by atoms with van der Waals surface area (Å²) in [5.74, 6) is 0. The van der Waals surface area contributed by atoms with Crippen LogP contribution in [0.15, 0.2) is 0 Å². The van der Waals surface area contributed by atoms with Crippen molar-refractivity contribution in [1.82, 2.24) is 0 Å². The second-order valence-electron chi connectivity index (χ2n) is 4.54. The Morgan fingerprint density at radius 3 is 2.00 bits per heavy atom. The molecule has 0 aliphatic heterocycles. The lowest BCUT2D eigenvalue weighted by Crippen LogP contribution is -2.38.